The third-order valence-electron chi connectivity index (χ3n) is 4.87. The van der Waals surface area contributed by atoms with Crippen LogP contribution in [0.2, 0.25) is 0 Å². The van der Waals surface area contributed by atoms with E-state index in [0.29, 0.717) is 6.04 Å². The summed E-state index contributed by atoms with van der Waals surface area (Å²) >= 11 is 0. The fourth-order valence-corrected chi connectivity index (χ4v) is 3.90. The van der Waals surface area contributed by atoms with Gasteiger partial charge in [0.15, 0.2) is 0 Å². The topological polar surface area (TPSA) is 29.3 Å². The SMILES string of the molecule is CC1CCCC(C(CN)N2CCCCCC2)C1. The van der Waals surface area contributed by atoms with E-state index in [2.05, 4.69) is 11.8 Å². The number of nitrogens with two attached hydrogens (primary N) is 1. The van der Waals surface area contributed by atoms with Crippen molar-refractivity contribution in [2.45, 2.75) is 64.3 Å². The summed E-state index contributed by atoms with van der Waals surface area (Å²) in [7, 11) is 0. The van der Waals surface area contributed by atoms with Crippen molar-refractivity contribution in [2.75, 3.05) is 19.6 Å². The molecule has 17 heavy (non-hydrogen) atoms. The molecule has 0 aromatic carbocycles. The molecule has 3 atom stereocenters. The van der Waals surface area contributed by atoms with E-state index in [1.165, 1.54) is 64.5 Å². The van der Waals surface area contributed by atoms with E-state index in [0.717, 1.165) is 18.4 Å². The Balaban J connectivity index is 1.93. The summed E-state index contributed by atoms with van der Waals surface area (Å²) in [5.74, 6) is 1.80. The van der Waals surface area contributed by atoms with Crippen LogP contribution in [-0.2, 0) is 0 Å². The van der Waals surface area contributed by atoms with Crippen molar-refractivity contribution in [1.82, 2.24) is 4.90 Å². The smallest absolute Gasteiger partial charge is 0.0246 e. The lowest BCUT2D eigenvalue weighted by atomic mass is 9.78. The molecular weight excluding hydrogens is 208 g/mol. The molecule has 3 unspecified atom stereocenters. The highest BCUT2D eigenvalue weighted by Gasteiger charge is 2.30. The van der Waals surface area contributed by atoms with E-state index >= 15 is 0 Å². The molecule has 2 rings (SSSR count). The average Bonchev–Trinajstić information content (AvgIpc) is 2.59. The zero-order valence-corrected chi connectivity index (χ0v) is 11.5. The van der Waals surface area contributed by atoms with Gasteiger partial charge in [-0.1, -0.05) is 32.6 Å². The normalized spacial score (nSPS) is 34.2. The predicted molar refractivity (Wildman–Crippen MR) is 74.0 cm³/mol. The Morgan fingerprint density at radius 1 is 1.06 bits per heavy atom. The largest absolute Gasteiger partial charge is 0.329 e. The quantitative estimate of drug-likeness (QED) is 0.819. The van der Waals surface area contributed by atoms with Crippen LogP contribution < -0.4 is 5.73 Å². The minimum atomic E-state index is 0.677. The summed E-state index contributed by atoms with van der Waals surface area (Å²) in [5, 5.41) is 0. The molecule has 2 fully saturated rings. The van der Waals surface area contributed by atoms with Crippen LogP contribution in [0.4, 0.5) is 0 Å². The van der Waals surface area contributed by atoms with Crippen LogP contribution >= 0.6 is 0 Å². The van der Waals surface area contributed by atoms with E-state index in [1.807, 2.05) is 0 Å². The second-order valence-corrected chi connectivity index (χ2v) is 6.29. The molecule has 0 radical (unpaired) electrons. The summed E-state index contributed by atoms with van der Waals surface area (Å²) in [5.41, 5.74) is 6.09. The average molecular weight is 238 g/mol. The maximum Gasteiger partial charge on any atom is 0.0246 e. The summed E-state index contributed by atoms with van der Waals surface area (Å²) in [6.07, 6.45) is 11.3. The maximum atomic E-state index is 6.09. The van der Waals surface area contributed by atoms with Crippen LogP contribution in [0, 0.1) is 11.8 Å². The molecule has 2 heteroatoms. The Bertz CT molecular complexity index is 207. The molecule has 0 aromatic heterocycles. The molecule has 0 amide bonds. The second-order valence-electron chi connectivity index (χ2n) is 6.29. The fraction of sp³-hybridized carbons (Fsp3) is 1.00. The molecular formula is C15H30N2. The van der Waals surface area contributed by atoms with E-state index in [1.54, 1.807) is 0 Å². The van der Waals surface area contributed by atoms with Crippen molar-refractivity contribution >= 4 is 0 Å². The van der Waals surface area contributed by atoms with Gasteiger partial charge in [-0.25, -0.2) is 0 Å². The van der Waals surface area contributed by atoms with E-state index in [4.69, 9.17) is 5.73 Å². The first-order chi connectivity index (χ1) is 8.31. The van der Waals surface area contributed by atoms with Crippen LogP contribution in [0.1, 0.15) is 58.3 Å². The van der Waals surface area contributed by atoms with Crippen molar-refractivity contribution in [1.29, 1.82) is 0 Å². The van der Waals surface area contributed by atoms with Crippen molar-refractivity contribution in [3.8, 4) is 0 Å². The van der Waals surface area contributed by atoms with Crippen molar-refractivity contribution < 1.29 is 0 Å². The van der Waals surface area contributed by atoms with E-state index < -0.39 is 0 Å². The standard InChI is InChI=1S/C15H30N2/c1-13-7-6-8-14(11-13)15(12-16)17-9-4-2-3-5-10-17/h13-15H,2-12,16H2,1H3. The number of hydrogen-bond donors (Lipinski definition) is 1. The lowest BCUT2D eigenvalue weighted by Gasteiger charge is -2.39. The summed E-state index contributed by atoms with van der Waals surface area (Å²) < 4.78 is 0. The zero-order valence-electron chi connectivity index (χ0n) is 11.5. The third kappa shape index (κ3) is 3.69. The molecule has 1 saturated heterocycles. The minimum absolute atomic E-state index is 0.677. The zero-order chi connectivity index (χ0) is 12.1. The summed E-state index contributed by atoms with van der Waals surface area (Å²) in [6.45, 7) is 5.89. The highest BCUT2D eigenvalue weighted by molar-refractivity contribution is 4.85. The van der Waals surface area contributed by atoms with Gasteiger partial charge in [0.2, 0.25) is 0 Å². The van der Waals surface area contributed by atoms with Crippen molar-refractivity contribution in [3.05, 3.63) is 0 Å². The Morgan fingerprint density at radius 3 is 2.35 bits per heavy atom. The molecule has 2 N–H and O–H groups in total. The number of likely N-dealkylation sites (tertiary alicyclic amines) is 1. The maximum absolute atomic E-state index is 6.09. The van der Waals surface area contributed by atoms with Gasteiger partial charge in [-0.3, -0.25) is 4.90 Å². The monoisotopic (exact) mass is 238 g/mol. The van der Waals surface area contributed by atoms with E-state index in [-0.39, 0.29) is 0 Å². The molecule has 1 heterocycles. The van der Waals surface area contributed by atoms with Crippen molar-refractivity contribution in [2.24, 2.45) is 17.6 Å². The van der Waals surface area contributed by atoms with Gasteiger partial charge in [0.1, 0.15) is 0 Å². The van der Waals surface area contributed by atoms with Crippen LogP contribution in [0.5, 0.6) is 0 Å². The fourth-order valence-electron chi connectivity index (χ4n) is 3.90. The predicted octanol–water partition coefficient (Wildman–Crippen LogP) is 3.02. The number of rotatable bonds is 3. The Labute approximate surface area is 107 Å². The van der Waals surface area contributed by atoms with E-state index in [9.17, 15) is 0 Å². The van der Waals surface area contributed by atoms with Gasteiger partial charge in [-0.15, -0.1) is 0 Å². The molecule has 0 spiro atoms. The van der Waals surface area contributed by atoms with Gasteiger partial charge >= 0.3 is 0 Å². The molecule has 2 nitrogen and oxygen atoms in total. The first-order valence-electron chi connectivity index (χ1n) is 7.75. The van der Waals surface area contributed by atoms with Crippen LogP contribution in [0.25, 0.3) is 0 Å². The molecule has 100 valence electrons. The van der Waals surface area contributed by atoms with Gasteiger partial charge in [0, 0.05) is 12.6 Å². The van der Waals surface area contributed by atoms with Crippen molar-refractivity contribution in [3.63, 3.8) is 0 Å². The first kappa shape index (κ1) is 13.4. The highest BCUT2D eigenvalue weighted by atomic mass is 15.2. The molecule has 1 aliphatic carbocycles. The molecule has 2 aliphatic rings. The van der Waals surface area contributed by atoms with Gasteiger partial charge in [0.25, 0.3) is 0 Å². The number of nitrogens with zero attached hydrogens (tertiary/aromatic N) is 1. The lowest BCUT2D eigenvalue weighted by molar-refractivity contribution is 0.111. The second kappa shape index (κ2) is 6.75. The minimum Gasteiger partial charge on any atom is -0.329 e. The molecule has 0 aromatic rings. The van der Waals surface area contributed by atoms with Crippen LogP contribution in [0.15, 0.2) is 0 Å². The van der Waals surface area contributed by atoms with Gasteiger partial charge in [-0.05, 0) is 50.6 Å². The third-order valence-corrected chi connectivity index (χ3v) is 4.87. The van der Waals surface area contributed by atoms with Crippen LogP contribution in [0.3, 0.4) is 0 Å². The summed E-state index contributed by atoms with van der Waals surface area (Å²) in [6, 6.07) is 0.677. The Morgan fingerprint density at radius 2 is 1.76 bits per heavy atom. The lowest BCUT2D eigenvalue weighted by Crippen LogP contribution is -2.47. The molecule has 0 bridgehead atoms. The van der Waals surface area contributed by atoms with Gasteiger partial charge in [-0.2, -0.15) is 0 Å². The van der Waals surface area contributed by atoms with Gasteiger partial charge in [0.05, 0.1) is 0 Å². The highest BCUT2D eigenvalue weighted by Crippen LogP contribution is 2.33. The number of hydrogen-bond acceptors (Lipinski definition) is 2. The molecule has 1 saturated carbocycles. The van der Waals surface area contributed by atoms with Crippen LogP contribution in [-0.4, -0.2) is 30.6 Å². The summed E-state index contributed by atoms with van der Waals surface area (Å²) in [4.78, 5) is 2.72. The Hall–Kier alpha value is -0.0800. The Kier molecular flexibility index (Phi) is 5.30. The molecule has 1 aliphatic heterocycles. The first-order valence-corrected chi connectivity index (χ1v) is 7.75. The van der Waals surface area contributed by atoms with Gasteiger partial charge < -0.3 is 5.73 Å².